The SMILES string of the molecule is COc1cc2c(cc1OCCCOc1cc3c(cc1OC)C(=O)N1C=C(c4ccc(N5CCN(C)CC5)cc4)C[C@H]1C=N3)N=C[C@@H]1CC(C=CCNC(=O)[C@H](C)NC(=O)[C@@H](C(C)C)N(CC3c4ccccc4-c4ccccc43)C(=O)O)=CN1C2=O. The number of anilines is 1. The smallest absolute Gasteiger partial charge is 0.408 e. The molecule has 0 spiro atoms. The van der Waals surface area contributed by atoms with Crippen molar-refractivity contribution in [3.8, 4) is 34.1 Å². The molecule has 3 N–H and O–H groups in total. The number of likely N-dealkylation sites (N-methyl/N-ethyl adjacent to an activating group) is 1. The molecule has 440 valence electrons. The number of ether oxygens (including phenoxy) is 4. The number of aliphatic imine (C=N–C) groups is 2. The number of amides is 5. The molecule has 0 unspecified atom stereocenters. The van der Waals surface area contributed by atoms with Gasteiger partial charge in [0.15, 0.2) is 23.0 Å². The number of carbonyl (C=O) groups excluding carboxylic acids is 4. The number of fused-ring (bicyclic) bond motifs is 7. The first kappa shape index (κ1) is 57.6. The Labute approximate surface area is 494 Å². The third kappa shape index (κ3) is 12.0. The number of nitrogens with one attached hydrogen (secondary N) is 2. The Morgan fingerprint density at radius 1 is 0.706 bits per heavy atom. The number of rotatable bonds is 20. The normalized spacial score (nSPS) is 18.5. The van der Waals surface area contributed by atoms with Crippen LogP contribution in [0, 0.1) is 5.92 Å². The number of hydrogen-bond acceptors (Lipinski definition) is 13. The average molecular weight is 1150 g/mol. The summed E-state index contributed by atoms with van der Waals surface area (Å²) in [4.78, 5) is 87.0. The van der Waals surface area contributed by atoms with Crippen molar-refractivity contribution in [2.24, 2.45) is 15.9 Å². The second kappa shape index (κ2) is 24.9. The minimum Gasteiger partial charge on any atom is -0.493 e. The van der Waals surface area contributed by atoms with Gasteiger partial charge in [0.25, 0.3) is 11.8 Å². The van der Waals surface area contributed by atoms with Crippen molar-refractivity contribution in [1.29, 1.82) is 0 Å². The number of methoxy groups -OCH3 is 2. The molecule has 4 atom stereocenters. The standard InChI is InChI=1S/C66H71N9O10/c1-40(2)61(75(66(80)81)39-54-50-16-9-7-14-48(50)49-15-8-10-17-51(49)54)63(77)70-41(3)62(76)67-22-11-13-42-29-46-35-68-55-33-59(57(82-5)31-52(55)64(78)73(46)37-42)84-27-12-28-85-60-34-56-53(32-58(60)83-6)65(79)74-38-44(30-47(74)36-69-56)43-18-20-45(21-19-43)72-25-23-71(4)24-26-72/h7-11,13-21,31-38,40-41,46-47,54,61H,12,22-30,39H2,1-6H3,(H,67,76)(H,70,77)(H,80,81)/t41-,46-,47-,61+/m0/s1. The molecule has 0 radical (unpaired) electrons. The molecule has 5 heterocycles. The highest BCUT2D eigenvalue weighted by molar-refractivity contribution is 6.06. The predicted octanol–water partition coefficient (Wildman–Crippen LogP) is 9.08. The minimum absolute atomic E-state index is 0.0684. The van der Waals surface area contributed by atoms with Crippen molar-refractivity contribution >= 4 is 64.8 Å². The summed E-state index contributed by atoms with van der Waals surface area (Å²) in [6.07, 6.45) is 11.3. The lowest BCUT2D eigenvalue weighted by atomic mass is 9.94. The first-order valence-corrected chi connectivity index (χ1v) is 29.0. The average Bonchev–Trinajstić information content (AvgIpc) is 4.23. The lowest BCUT2D eigenvalue weighted by Gasteiger charge is -2.34. The molecule has 5 amide bonds. The van der Waals surface area contributed by atoms with E-state index >= 15 is 0 Å². The highest BCUT2D eigenvalue weighted by Crippen LogP contribution is 2.46. The van der Waals surface area contributed by atoms with Crippen LogP contribution in [0.5, 0.6) is 23.0 Å². The van der Waals surface area contributed by atoms with Crippen LogP contribution in [0.2, 0.25) is 0 Å². The molecule has 0 saturated carbocycles. The van der Waals surface area contributed by atoms with E-state index in [1.165, 1.54) is 24.8 Å². The van der Waals surface area contributed by atoms with E-state index in [1.807, 2.05) is 67.0 Å². The topological polar surface area (TPSA) is 207 Å². The van der Waals surface area contributed by atoms with Crippen LogP contribution >= 0.6 is 0 Å². The third-order valence-corrected chi connectivity index (χ3v) is 16.7. The molecule has 19 nitrogen and oxygen atoms in total. The molecule has 0 bridgehead atoms. The number of nitrogens with zero attached hydrogens (tertiary/aromatic N) is 7. The van der Waals surface area contributed by atoms with Gasteiger partial charge in [0.2, 0.25) is 11.8 Å². The summed E-state index contributed by atoms with van der Waals surface area (Å²) in [6, 6.07) is 28.6. The fourth-order valence-electron chi connectivity index (χ4n) is 12.1. The van der Waals surface area contributed by atoms with Crippen molar-refractivity contribution in [2.75, 3.05) is 78.6 Å². The molecule has 1 fully saturated rings. The van der Waals surface area contributed by atoms with Gasteiger partial charge in [-0.1, -0.05) is 86.7 Å². The largest absolute Gasteiger partial charge is 0.493 e. The summed E-state index contributed by atoms with van der Waals surface area (Å²) in [5.41, 5.74) is 10.0. The quantitative estimate of drug-likeness (QED) is 0.0624. The van der Waals surface area contributed by atoms with Crippen LogP contribution in [0.4, 0.5) is 21.9 Å². The van der Waals surface area contributed by atoms with Gasteiger partial charge in [0, 0.05) is 101 Å². The van der Waals surface area contributed by atoms with Gasteiger partial charge in [-0.25, -0.2) is 4.79 Å². The zero-order valence-corrected chi connectivity index (χ0v) is 48.7. The van der Waals surface area contributed by atoms with Crippen LogP contribution in [0.1, 0.15) is 83.4 Å². The lowest BCUT2D eigenvalue weighted by molar-refractivity contribution is -0.132. The third-order valence-electron chi connectivity index (χ3n) is 16.7. The van der Waals surface area contributed by atoms with Gasteiger partial charge in [0.1, 0.15) is 12.1 Å². The maximum absolute atomic E-state index is 14.1. The summed E-state index contributed by atoms with van der Waals surface area (Å²) in [5.74, 6) is -0.434. The van der Waals surface area contributed by atoms with Gasteiger partial charge in [-0.05, 0) is 89.5 Å². The molecule has 5 aliphatic heterocycles. The molecule has 19 heteroatoms. The monoisotopic (exact) mass is 1150 g/mol. The summed E-state index contributed by atoms with van der Waals surface area (Å²) >= 11 is 0. The second-order valence-electron chi connectivity index (χ2n) is 22.5. The van der Waals surface area contributed by atoms with E-state index in [4.69, 9.17) is 28.9 Å². The molecule has 0 aromatic heterocycles. The van der Waals surface area contributed by atoms with Crippen LogP contribution in [-0.4, -0.2) is 165 Å². The van der Waals surface area contributed by atoms with E-state index in [-0.39, 0.29) is 56.1 Å². The zero-order chi connectivity index (χ0) is 59.5. The summed E-state index contributed by atoms with van der Waals surface area (Å²) in [7, 11) is 5.20. The fraction of sp³-hybridized carbons (Fsp3) is 0.348. The lowest BCUT2D eigenvalue weighted by Crippen LogP contribution is -2.56. The van der Waals surface area contributed by atoms with E-state index in [2.05, 4.69) is 51.7 Å². The Kier molecular flexibility index (Phi) is 16.9. The Morgan fingerprint density at radius 2 is 1.27 bits per heavy atom. The van der Waals surface area contributed by atoms with E-state index in [0.29, 0.717) is 64.8 Å². The maximum atomic E-state index is 14.1. The minimum atomic E-state index is -1.22. The highest BCUT2D eigenvalue weighted by Gasteiger charge is 2.39. The van der Waals surface area contributed by atoms with Crippen molar-refractivity contribution in [1.82, 2.24) is 30.2 Å². The number of carboxylic acid groups (broad SMARTS) is 1. The van der Waals surface area contributed by atoms with Gasteiger partial charge < -0.3 is 54.3 Å². The summed E-state index contributed by atoms with van der Waals surface area (Å²) < 4.78 is 23.8. The molecule has 11 rings (SSSR count). The van der Waals surface area contributed by atoms with E-state index in [0.717, 1.165) is 65.1 Å². The Balaban J connectivity index is 0.651. The molecule has 1 aliphatic carbocycles. The van der Waals surface area contributed by atoms with Crippen LogP contribution in [0.15, 0.2) is 137 Å². The van der Waals surface area contributed by atoms with Gasteiger partial charge >= 0.3 is 6.09 Å². The number of benzene rings is 5. The Morgan fingerprint density at radius 3 is 1.84 bits per heavy atom. The van der Waals surface area contributed by atoms with E-state index < -0.39 is 35.9 Å². The number of hydrogen-bond donors (Lipinski definition) is 3. The molecule has 5 aromatic rings. The van der Waals surface area contributed by atoms with Gasteiger partial charge in [0.05, 0.1) is 62.0 Å². The van der Waals surface area contributed by atoms with Crippen LogP contribution in [0.3, 0.4) is 0 Å². The van der Waals surface area contributed by atoms with Gasteiger partial charge in [-0.2, -0.15) is 0 Å². The van der Waals surface area contributed by atoms with Crippen molar-refractivity contribution < 1.29 is 48.0 Å². The Hall–Kier alpha value is -9.23. The van der Waals surface area contributed by atoms with Gasteiger partial charge in [-0.15, -0.1) is 0 Å². The van der Waals surface area contributed by atoms with Crippen molar-refractivity contribution in [2.45, 2.75) is 70.1 Å². The molecule has 85 heavy (non-hydrogen) atoms. The number of allylic oxidation sites excluding steroid dienone is 1. The van der Waals surface area contributed by atoms with Crippen LogP contribution in [-0.2, 0) is 9.59 Å². The summed E-state index contributed by atoms with van der Waals surface area (Å²) in [6.45, 7) is 9.94. The predicted molar refractivity (Wildman–Crippen MR) is 326 cm³/mol. The van der Waals surface area contributed by atoms with Crippen LogP contribution in [0.25, 0.3) is 16.7 Å². The first-order valence-electron chi connectivity index (χ1n) is 29.0. The highest BCUT2D eigenvalue weighted by atomic mass is 16.5. The van der Waals surface area contributed by atoms with Gasteiger partial charge in [-0.3, -0.25) is 34.1 Å². The first-order chi connectivity index (χ1) is 41.2. The molecule has 5 aromatic carbocycles. The van der Waals surface area contributed by atoms with Crippen molar-refractivity contribution in [3.05, 3.63) is 155 Å². The Bertz CT molecular complexity index is 3520. The fourth-order valence-corrected chi connectivity index (χ4v) is 12.1. The maximum Gasteiger partial charge on any atom is 0.408 e. The summed E-state index contributed by atoms with van der Waals surface area (Å²) in [5, 5.41) is 16.1. The molecular weight excluding hydrogens is 1080 g/mol. The van der Waals surface area contributed by atoms with Crippen molar-refractivity contribution in [3.63, 3.8) is 0 Å². The zero-order valence-electron chi connectivity index (χ0n) is 48.7. The van der Waals surface area contributed by atoms with Crippen LogP contribution < -0.4 is 34.5 Å². The molecular formula is C66H71N9O10. The molecule has 1 saturated heterocycles. The molecule has 6 aliphatic rings. The number of carbonyl (C=O) groups is 5. The number of piperazine rings is 1. The van der Waals surface area contributed by atoms with E-state index in [9.17, 15) is 29.1 Å². The second-order valence-corrected chi connectivity index (χ2v) is 22.5. The van der Waals surface area contributed by atoms with E-state index in [1.54, 1.807) is 73.3 Å².